The molecule has 1 aromatic heterocycles. The lowest BCUT2D eigenvalue weighted by atomic mass is 10.2. The summed E-state index contributed by atoms with van der Waals surface area (Å²) in [6.07, 6.45) is 1.33. The Bertz CT molecular complexity index is 901. The lowest BCUT2D eigenvalue weighted by Gasteiger charge is -2.22. The summed E-state index contributed by atoms with van der Waals surface area (Å²) >= 11 is 0. The minimum Gasteiger partial charge on any atom is -0.449 e. The van der Waals surface area contributed by atoms with E-state index in [1.807, 2.05) is 32.0 Å². The quantitative estimate of drug-likeness (QED) is 0.740. The summed E-state index contributed by atoms with van der Waals surface area (Å²) < 4.78 is 12.1. The Morgan fingerprint density at radius 2 is 1.83 bits per heavy atom. The molecule has 2 amide bonds. The van der Waals surface area contributed by atoms with E-state index in [-0.39, 0.29) is 12.0 Å². The number of benzene rings is 1. The second-order valence-corrected chi connectivity index (χ2v) is 7.78. The average molecular weight is 403 g/mol. The number of carbonyl (C=O) groups excluding carboxylic acids is 2. The van der Waals surface area contributed by atoms with Crippen molar-refractivity contribution < 1.29 is 18.7 Å². The zero-order valence-electron chi connectivity index (χ0n) is 17.1. The Morgan fingerprint density at radius 1 is 1.10 bits per heavy atom. The first-order chi connectivity index (χ1) is 14.0. The molecule has 8 nitrogen and oxygen atoms in total. The summed E-state index contributed by atoms with van der Waals surface area (Å²) in [6.45, 7) is 7.04. The van der Waals surface area contributed by atoms with E-state index in [0.29, 0.717) is 63.7 Å². The van der Waals surface area contributed by atoms with E-state index < -0.39 is 5.76 Å². The van der Waals surface area contributed by atoms with Crippen LogP contribution in [0.3, 0.4) is 0 Å². The van der Waals surface area contributed by atoms with Crippen LogP contribution in [0.25, 0.3) is 11.1 Å². The molecule has 2 heterocycles. The van der Waals surface area contributed by atoms with Gasteiger partial charge in [-0.25, -0.2) is 9.59 Å². The fourth-order valence-corrected chi connectivity index (χ4v) is 3.45. The molecule has 0 bridgehead atoms. The Balaban J connectivity index is 1.48. The summed E-state index contributed by atoms with van der Waals surface area (Å²) in [5.74, 6) is -0.0592. The van der Waals surface area contributed by atoms with Crippen molar-refractivity contribution in [3.63, 3.8) is 0 Å². The van der Waals surface area contributed by atoms with Crippen molar-refractivity contribution in [2.24, 2.45) is 5.92 Å². The van der Waals surface area contributed by atoms with Crippen LogP contribution in [0.1, 0.15) is 33.1 Å². The van der Waals surface area contributed by atoms with Gasteiger partial charge in [0.05, 0.1) is 12.1 Å². The van der Waals surface area contributed by atoms with Crippen LogP contribution in [0.15, 0.2) is 33.5 Å². The van der Waals surface area contributed by atoms with E-state index in [4.69, 9.17) is 9.15 Å². The van der Waals surface area contributed by atoms with Gasteiger partial charge in [-0.1, -0.05) is 26.0 Å². The fraction of sp³-hybridized carbons (Fsp3) is 0.571. The van der Waals surface area contributed by atoms with Crippen LogP contribution in [0, 0.1) is 5.92 Å². The highest BCUT2D eigenvalue weighted by molar-refractivity contribution is 5.76. The standard InChI is InChI=1S/C21H29N3O5/c1-16(2)15-28-20(26)23-11-6-10-22(13-14-23)19(25)9-5-12-24-17-7-3-4-8-18(17)29-21(24)27/h3-4,7-8,16H,5-6,9-15H2,1-2H3. The predicted molar refractivity (Wildman–Crippen MR) is 109 cm³/mol. The fourth-order valence-electron chi connectivity index (χ4n) is 3.45. The van der Waals surface area contributed by atoms with Crippen LogP contribution in [-0.4, -0.2) is 59.2 Å². The molecule has 1 fully saturated rings. The van der Waals surface area contributed by atoms with Crippen LogP contribution in [0.5, 0.6) is 0 Å². The summed E-state index contributed by atoms with van der Waals surface area (Å²) in [5.41, 5.74) is 1.30. The molecule has 0 aliphatic carbocycles. The zero-order chi connectivity index (χ0) is 20.8. The molecule has 0 radical (unpaired) electrons. The normalized spacial score (nSPS) is 15.0. The largest absolute Gasteiger partial charge is 0.449 e. The van der Waals surface area contributed by atoms with E-state index in [1.165, 1.54) is 0 Å². The molecule has 8 heteroatoms. The smallest absolute Gasteiger partial charge is 0.419 e. The zero-order valence-corrected chi connectivity index (χ0v) is 17.1. The maximum atomic E-state index is 12.6. The molecule has 0 unspecified atom stereocenters. The third-order valence-electron chi connectivity index (χ3n) is 4.99. The second-order valence-electron chi connectivity index (χ2n) is 7.78. The Morgan fingerprint density at radius 3 is 2.62 bits per heavy atom. The summed E-state index contributed by atoms with van der Waals surface area (Å²) in [5, 5.41) is 0. The molecule has 0 spiro atoms. The molecule has 0 N–H and O–H groups in total. The first-order valence-corrected chi connectivity index (χ1v) is 10.2. The number of rotatable bonds is 6. The van der Waals surface area contributed by atoms with Crippen LogP contribution in [-0.2, 0) is 16.1 Å². The van der Waals surface area contributed by atoms with Gasteiger partial charge in [-0.2, -0.15) is 0 Å². The Labute approximate surface area is 170 Å². The number of oxazole rings is 1. The average Bonchev–Trinajstić information content (AvgIpc) is 2.86. The van der Waals surface area contributed by atoms with Crippen LogP contribution < -0.4 is 5.76 Å². The van der Waals surface area contributed by atoms with Gasteiger partial charge in [0.2, 0.25) is 5.91 Å². The van der Waals surface area contributed by atoms with Crippen molar-refractivity contribution in [3.05, 3.63) is 34.8 Å². The van der Waals surface area contributed by atoms with Gasteiger partial charge in [0.1, 0.15) is 0 Å². The molecule has 1 aliphatic rings. The number of hydrogen-bond donors (Lipinski definition) is 0. The molecule has 0 saturated carbocycles. The number of aromatic nitrogens is 1. The topological polar surface area (TPSA) is 85.0 Å². The van der Waals surface area contributed by atoms with Gasteiger partial charge in [-0.15, -0.1) is 0 Å². The van der Waals surface area contributed by atoms with E-state index in [0.717, 1.165) is 11.9 Å². The number of nitrogens with zero attached hydrogens (tertiary/aromatic N) is 3. The van der Waals surface area contributed by atoms with Gasteiger partial charge in [0.15, 0.2) is 5.58 Å². The molecule has 2 aromatic rings. The number of carbonyl (C=O) groups is 2. The highest BCUT2D eigenvalue weighted by Crippen LogP contribution is 2.13. The van der Waals surface area contributed by atoms with Crippen molar-refractivity contribution in [1.29, 1.82) is 0 Å². The maximum absolute atomic E-state index is 12.6. The lowest BCUT2D eigenvalue weighted by molar-refractivity contribution is -0.131. The Kier molecular flexibility index (Phi) is 6.95. The third kappa shape index (κ3) is 5.40. The van der Waals surface area contributed by atoms with Crippen molar-refractivity contribution in [1.82, 2.24) is 14.4 Å². The van der Waals surface area contributed by atoms with Gasteiger partial charge in [-0.05, 0) is 30.9 Å². The molecular formula is C21H29N3O5. The number of para-hydroxylation sites is 2. The van der Waals surface area contributed by atoms with Gasteiger partial charge in [0.25, 0.3) is 0 Å². The molecule has 1 saturated heterocycles. The maximum Gasteiger partial charge on any atom is 0.419 e. The monoisotopic (exact) mass is 403 g/mol. The predicted octanol–water partition coefficient (Wildman–Crippen LogP) is 2.70. The van der Waals surface area contributed by atoms with E-state index in [1.54, 1.807) is 20.4 Å². The van der Waals surface area contributed by atoms with Gasteiger partial charge < -0.3 is 19.0 Å². The Hall–Kier alpha value is -2.77. The van der Waals surface area contributed by atoms with E-state index in [2.05, 4.69) is 0 Å². The number of ether oxygens (including phenoxy) is 1. The minimum absolute atomic E-state index is 0.0447. The molecule has 3 rings (SSSR count). The highest BCUT2D eigenvalue weighted by Gasteiger charge is 2.23. The molecule has 158 valence electrons. The van der Waals surface area contributed by atoms with Crippen LogP contribution >= 0.6 is 0 Å². The van der Waals surface area contributed by atoms with Crippen LogP contribution in [0.2, 0.25) is 0 Å². The first-order valence-electron chi connectivity index (χ1n) is 10.2. The number of amides is 2. The molecule has 1 aromatic carbocycles. The van der Waals surface area contributed by atoms with Crippen molar-refractivity contribution in [2.75, 3.05) is 32.8 Å². The summed E-state index contributed by atoms with van der Waals surface area (Å²) in [7, 11) is 0. The van der Waals surface area contributed by atoms with Gasteiger partial charge in [0, 0.05) is 39.1 Å². The SMILES string of the molecule is CC(C)COC(=O)N1CCCN(C(=O)CCCn2c(=O)oc3ccccc32)CC1. The van der Waals surface area contributed by atoms with Crippen LogP contribution in [0.4, 0.5) is 4.79 Å². The summed E-state index contributed by atoms with van der Waals surface area (Å²) in [4.78, 5) is 40.2. The molecule has 1 aliphatic heterocycles. The molecule has 0 atom stereocenters. The number of fused-ring (bicyclic) bond motifs is 1. The van der Waals surface area contributed by atoms with Gasteiger partial charge in [-0.3, -0.25) is 9.36 Å². The summed E-state index contributed by atoms with van der Waals surface area (Å²) in [6, 6.07) is 7.27. The van der Waals surface area contributed by atoms with Crippen molar-refractivity contribution in [2.45, 2.75) is 39.7 Å². The lowest BCUT2D eigenvalue weighted by Crippen LogP contribution is -2.38. The minimum atomic E-state index is -0.399. The highest BCUT2D eigenvalue weighted by atomic mass is 16.6. The molecular weight excluding hydrogens is 374 g/mol. The van der Waals surface area contributed by atoms with Crippen molar-refractivity contribution in [3.8, 4) is 0 Å². The first kappa shape index (κ1) is 21.0. The number of hydrogen-bond acceptors (Lipinski definition) is 5. The van der Waals surface area contributed by atoms with E-state index in [9.17, 15) is 14.4 Å². The number of aryl methyl sites for hydroxylation is 1. The van der Waals surface area contributed by atoms with E-state index >= 15 is 0 Å². The third-order valence-corrected chi connectivity index (χ3v) is 4.99. The van der Waals surface area contributed by atoms with Gasteiger partial charge >= 0.3 is 11.8 Å². The second kappa shape index (κ2) is 9.62. The van der Waals surface area contributed by atoms with Crippen molar-refractivity contribution >= 4 is 23.1 Å². The molecule has 29 heavy (non-hydrogen) atoms.